The van der Waals surface area contributed by atoms with Gasteiger partial charge < -0.3 is 14.3 Å². The fourth-order valence-corrected chi connectivity index (χ4v) is 5.57. The molecule has 1 fully saturated rings. The van der Waals surface area contributed by atoms with Crippen molar-refractivity contribution in [1.82, 2.24) is 19.9 Å². The maximum Gasteiger partial charge on any atom is 0.264 e. The number of fused-ring (bicyclic) bond motifs is 1. The number of carbonyl (C=O) groups excluding carboxylic acids is 1. The minimum Gasteiger partial charge on any atom is -0.443 e. The van der Waals surface area contributed by atoms with Gasteiger partial charge >= 0.3 is 0 Å². The Balaban J connectivity index is 1.43. The van der Waals surface area contributed by atoms with Gasteiger partial charge in [-0.25, -0.2) is 9.97 Å². The number of rotatable bonds is 4. The minimum absolute atomic E-state index is 0.107. The third-order valence-electron chi connectivity index (χ3n) is 5.81. The van der Waals surface area contributed by atoms with E-state index >= 15 is 0 Å². The van der Waals surface area contributed by atoms with Gasteiger partial charge in [0, 0.05) is 18.0 Å². The summed E-state index contributed by atoms with van der Waals surface area (Å²) in [5, 5.41) is 1.16. The van der Waals surface area contributed by atoms with Gasteiger partial charge in [0.05, 0.1) is 22.8 Å². The predicted molar refractivity (Wildman–Crippen MR) is 123 cm³/mol. The highest BCUT2D eigenvalue weighted by Crippen LogP contribution is 2.35. The molecule has 1 unspecified atom stereocenters. The Labute approximate surface area is 193 Å². The van der Waals surface area contributed by atoms with Crippen molar-refractivity contribution in [3.63, 3.8) is 0 Å². The van der Waals surface area contributed by atoms with E-state index in [4.69, 9.17) is 16.0 Å². The van der Waals surface area contributed by atoms with E-state index in [0.29, 0.717) is 44.5 Å². The highest BCUT2D eigenvalue weighted by Gasteiger charge is 2.34. The van der Waals surface area contributed by atoms with E-state index in [0.717, 1.165) is 30.6 Å². The lowest BCUT2D eigenvalue weighted by Crippen LogP contribution is -2.38. The van der Waals surface area contributed by atoms with Crippen LogP contribution < -0.4 is 5.56 Å². The zero-order chi connectivity index (χ0) is 22.2. The molecule has 0 spiro atoms. The number of hydrogen-bond donors (Lipinski definition) is 1. The number of nitrogens with one attached hydrogen (secondary N) is 1. The normalized spacial score (nSPS) is 16.6. The lowest BCUT2D eigenvalue weighted by molar-refractivity contribution is 0.0574. The number of H-pyrrole nitrogens is 1. The van der Waals surface area contributed by atoms with Crippen LogP contribution in [0.4, 0.5) is 0 Å². The van der Waals surface area contributed by atoms with Crippen LogP contribution in [0.3, 0.4) is 0 Å². The van der Waals surface area contributed by atoms with Gasteiger partial charge in [-0.05, 0) is 49.4 Å². The van der Waals surface area contributed by atoms with Gasteiger partial charge in [0.25, 0.3) is 11.5 Å². The molecule has 32 heavy (non-hydrogen) atoms. The zero-order valence-corrected chi connectivity index (χ0v) is 19.0. The lowest BCUT2D eigenvalue weighted by Gasteiger charge is -2.33. The summed E-state index contributed by atoms with van der Waals surface area (Å²) in [4.78, 5) is 40.0. The molecule has 1 atom stereocenters. The van der Waals surface area contributed by atoms with Crippen LogP contribution in [0.1, 0.15) is 57.8 Å². The summed E-state index contributed by atoms with van der Waals surface area (Å²) in [7, 11) is 0. The van der Waals surface area contributed by atoms with Crippen LogP contribution in [0.15, 0.2) is 46.0 Å². The van der Waals surface area contributed by atoms with Gasteiger partial charge in [-0.15, -0.1) is 11.3 Å². The Hall–Kier alpha value is -2.97. The van der Waals surface area contributed by atoms with E-state index in [1.165, 1.54) is 17.7 Å². The molecule has 0 aliphatic carbocycles. The van der Waals surface area contributed by atoms with Crippen LogP contribution in [0.5, 0.6) is 0 Å². The molecule has 4 heterocycles. The fourth-order valence-electron chi connectivity index (χ4n) is 4.25. The molecule has 0 saturated carbocycles. The first-order chi connectivity index (χ1) is 15.5. The topological polar surface area (TPSA) is 92.1 Å². The molecule has 1 amide bonds. The number of carbonyl (C=O) groups is 1. The van der Waals surface area contributed by atoms with Crippen molar-refractivity contribution in [1.29, 1.82) is 0 Å². The third kappa shape index (κ3) is 3.84. The number of thiophene rings is 1. The number of nitrogens with zero attached hydrogens (tertiary/aromatic N) is 3. The predicted octanol–water partition coefficient (Wildman–Crippen LogP) is 4.89. The first kappa shape index (κ1) is 20.9. The van der Waals surface area contributed by atoms with Gasteiger partial charge in [0.15, 0.2) is 0 Å². The van der Waals surface area contributed by atoms with Crippen LogP contribution in [-0.2, 0) is 6.42 Å². The van der Waals surface area contributed by atoms with Crippen LogP contribution in [0, 0.1) is 6.92 Å². The van der Waals surface area contributed by atoms with Gasteiger partial charge in [0.1, 0.15) is 16.6 Å². The average Bonchev–Trinajstić information content (AvgIpc) is 3.38. The summed E-state index contributed by atoms with van der Waals surface area (Å²) in [6, 6.07) is 7.40. The summed E-state index contributed by atoms with van der Waals surface area (Å²) >= 11 is 7.35. The van der Waals surface area contributed by atoms with Crippen molar-refractivity contribution in [3.05, 3.63) is 79.8 Å². The molecular formula is C23H21ClN4O3S. The number of benzene rings is 1. The molecule has 0 radical (unpaired) electrons. The molecule has 3 aromatic heterocycles. The molecule has 1 N–H and O–H groups in total. The first-order valence-electron chi connectivity index (χ1n) is 10.5. The van der Waals surface area contributed by atoms with Gasteiger partial charge in [-0.3, -0.25) is 9.59 Å². The van der Waals surface area contributed by atoms with E-state index in [2.05, 4.69) is 15.0 Å². The Morgan fingerprint density at radius 2 is 2.22 bits per heavy atom. The molecule has 1 saturated heterocycles. The molecular weight excluding hydrogens is 448 g/mol. The number of hydrogen-bond acceptors (Lipinski definition) is 6. The summed E-state index contributed by atoms with van der Waals surface area (Å²) in [6.45, 7) is 2.42. The summed E-state index contributed by atoms with van der Waals surface area (Å²) in [5.41, 5.74) is 1.48. The highest BCUT2D eigenvalue weighted by molar-refractivity contribution is 7.20. The van der Waals surface area contributed by atoms with E-state index in [-0.39, 0.29) is 17.5 Å². The van der Waals surface area contributed by atoms with Crippen LogP contribution >= 0.6 is 22.9 Å². The number of halogens is 1. The second kappa shape index (κ2) is 8.52. The van der Waals surface area contributed by atoms with E-state index in [9.17, 15) is 9.59 Å². The van der Waals surface area contributed by atoms with Crippen molar-refractivity contribution in [2.75, 3.05) is 6.54 Å². The Morgan fingerprint density at radius 1 is 1.34 bits per heavy atom. The number of aromatic nitrogens is 3. The zero-order valence-electron chi connectivity index (χ0n) is 17.4. The highest BCUT2D eigenvalue weighted by atomic mass is 35.5. The molecule has 1 aliphatic rings. The Morgan fingerprint density at radius 3 is 3.03 bits per heavy atom. The smallest absolute Gasteiger partial charge is 0.264 e. The number of piperidine rings is 1. The molecule has 5 rings (SSSR count). The number of likely N-dealkylation sites (tertiary alicyclic amines) is 1. The molecule has 0 bridgehead atoms. The number of aromatic amines is 1. The van der Waals surface area contributed by atoms with Gasteiger partial charge in [-0.1, -0.05) is 23.7 Å². The van der Waals surface area contributed by atoms with Crippen LogP contribution in [0.2, 0.25) is 5.02 Å². The van der Waals surface area contributed by atoms with E-state index in [1.807, 2.05) is 29.2 Å². The quantitative estimate of drug-likeness (QED) is 0.460. The molecule has 164 valence electrons. The molecule has 9 heteroatoms. The molecule has 4 aromatic rings. The largest absolute Gasteiger partial charge is 0.443 e. The van der Waals surface area contributed by atoms with Crippen molar-refractivity contribution in [3.8, 4) is 0 Å². The lowest BCUT2D eigenvalue weighted by atomic mass is 10.0. The van der Waals surface area contributed by atoms with E-state index in [1.54, 1.807) is 13.1 Å². The first-order valence-corrected chi connectivity index (χ1v) is 11.7. The Bertz CT molecular complexity index is 1360. The van der Waals surface area contributed by atoms with Crippen molar-refractivity contribution < 1.29 is 9.21 Å². The number of aryl methyl sites for hydroxylation is 1. The van der Waals surface area contributed by atoms with Crippen molar-refractivity contribution in [2.24, 2.45) is 0 Å². The molecule has 1 aliphatic heterocycles. The minimum atomic E-state index is -0.236. The third-order valence-corrected chi connectivity index (χ3v) is 7.24. The second-order valence-corrected chi connectivity index (χ2v) is 9.39. The van der Waals surface area contributed by atoms with Gasteiger partial charge in [-0.2, -0.15) is 0 Å². The number of amides is 1. The number of oxazole rings is 1. The van der Waals surface area contributed by atoms with Crippen LogP contribution in [-0.4, -0.2) is 32.3 Å². The SMILES string of the molecule is Cc1c(C(=O)N2CCCCC2c2ncc(Cc3cccc(Cl)c3)o2)sc2nc[nH]c(=O)c12. The average molecular weight is 469 g/mol. The van der Waals surface area contributed by atoms with Crippen molar-refractivity contribution in [2.45, 2.75) is 38.6 Å². The molecule has 1 aromatic carbocycles. The fraction of sp³-hybridized carbons (Fsp3) is 0.304. The Kier molecular flexibility index (Phi) is 5.57. The maximum absolute atomic E-state index is 13.5. The maximum atomic E-state index is 13.5. The van der Waals surface area contributed by atoms with Gasteiger partial charge in [0.2, 0.25) is 5.89 Å². The van der Waals surface area contributed by atoms with Crippen molar-refractivity contribution >= 4 is 39.1 Å². The monoisotopic (exact) mass is 468 g/mol. The summed E-state index contributed by atoms with van der Waals surface area (Å²) < 4.78 is 6.08. The standard InChI is InChI=1S/C23H21ClN4O3S/c1-13-18-20(29)26-12-27-22(18)32-19(13)23(30)28-8-3-2-7-17(28)21-25-11-16(31-21)10-14-5-4-6-15(24)9-14/h4-6,9,11-12,17H,2-3,7-8,10H2,1H3,(H,26,27,29). The molecule has 7 nitrogen and oxygen atoms in total. The summed E-state index contributed by atoms with van der Waals surface area (Å²) in [6.07, 6.45) is 6.37. The van der Waals surface area contributed by atoms with E-state index < -0.39 is 0 Å². The van der Waals surface area contributed by atoms with Crippen LogP contribution in [0.25, 0.3) is 10.2 Å². The second-order valence-electron chi connectivity index (χ2n) is 7.95. The summed E-state index contributed by atoms with van der Waals surface area (Å²) in [5.74, 6) is 1.17.